The van der Waals surface area contributed by atoms with E-state index in [4.69, 9.17) is 4.74 Å². The van der Waals surface area contributed by atoms with Crippen LogP contribution in [0.2, 0.25) is 0 Å². The molecule has 0 aromatic heterocycles. The summed E-state index contributed by atoms with van der Waals surface area (Å²) in [6.45, 7) is 15.9. The second-order valence-corrected chi connectivity index (χ2v) is 11.1. The molecule has 1 fully saturated rings. The maximum absolute atomic E-state index is 14.2. The third-order valence-corrected chi connectivity index (χ3v) is 6.24. The van der Waals surface area contributed by atoms with Gasteiger partial charge >= 0.3 is 6.09 Å². The lowest BCUT2D eigenvalue weighted by Crippen LogP contribution is -2.57. The van der Waals surface area contributed by atoms with Crippen molar-refractivity contribution < 1.29 is 19.1 Å². The molecule has 2 N–H and O–H groups in total. The SMILES string of the molecule is C=Cc1cccc(C(C(=O)NCCCC)N(C(=O)C(CC(C)C)NC(=O)OC(C)(C)C)C2CCC2)c1. The Kier molecular flexibility index (Phi) is 11.0. The van der Waals surface area contributed by atoms with Crippen LogP contribution in [-0.4, -0.2) is 47.0 Å². The molecule has 7 heteroatoms. The number of carbonyl (C=O) groups is 3. The van der Waals surface area contributed by atoms with E-state index in [0.717, 1.165) is 43.2 Å². The van der Waals surface area contributed by atoms with Gasteiger partial charge in [0.25, 0.3) is 0 Å². The zero-order chi connectivity index (χ0) is 26.9. The number of ether oxygens (including phenoxy) is 1. The first-order valence-corrected chi connectivity index (χ1v) is 13.3. The fraction of sp³-hybridized carbons (Fsp3) is 0.621. The second kappa shape index (κ2) is 13.5. The van der Waals surface area contributed by atoms with Crippen molar-refractivity contribution in [2.24, 2.45) is 5.92 Å². The first kappa shape index (κ1) is 29.4. The van der Waals surface area contributed by atoms with Crippen molar-refractivity contribution >= 4 is 24.0 Å². The molecule has 1 aliphatic carbocycles. The average Bonchev–Trinajstić information content (AvgIpc) is 2.75. The molecular weight excluding hydrogens is 454 g/mol. The first-order chi connectivity index (χ1) is 17.0. The molecule has 7 nitrogen and oxygen atoms in total. The van der Waals surface area contributed by atoms with Crippen molar-refractivity contribution in [2.75, 3.05) is 6.54 Å². The van der Waals surface area contributed by atoms with Crippen LogP contribution in [0.4, 0.5) is 4.79 Å². The van der Waals surface area contributed by atoms with E-state index in [-0.39, 0.29) is 23.8 Å². The molecule has 1 aromatic rings. The van der Waals surface area contributed by atoms with Gasteiger partial charge in [-0.25, -0.2) is 4.79 Å². The predicted molar refractivity (Wildman–Crippen MR) is 144 cm³/mol. The highest BCUT2D eigenvalue weighted by Crippen LogP contribution is 2.34. The van der Waals surface area contributed by atoms with Crippen LogP contribution in [0.25, 0.3) is 6.08 Å². The monoisotopic (exact) mass is 499 g/mol. The predicted octanol–water partition coefficient (Wildman–Crippen LogP) is 5.61. The number of amides is 3. The minimum atomic E-state index is -0.797. The molecule has 1 aromatic carbocycles. The Balaban J connectivity index is 2.48. The summed E-state index contributed by atoms with van der Waals surface area (Å²) in [5.74, 6) is -0.303. The topological polar surface area (TPSA) is 87.7 Å². The minimum absolute atomic E-state index is 0.0677. The minimum Gasteiger partial charge on any atom is -0.444 e. The van der Waals surface area contributed by atoms with Crippen LogP contribution < -0.4 is 10.6 Å². The van der Waals surface area contributed by atoms with Crippen LogP contribution in [0.15, 0.2) is 30.8 Å². The maximum atomic E-state index is 14.2. The molecule has 2 atom stereocenters. The van der Waals surface area contributed by atoms with Crippen LogP contribution >= 0.6 is 0 Å². The first-order valence-electron chi connectivity index (χ1n) is 13.3. The summed E-state index contributed by atoms with van der Waals surface area (Å²) in [5.41, 5.74) is 0.934. The summed E-state index contributed by atoms with van der Waals surface area (Å²) in [6, 6.07) is 5.94. The van der Waals surface area contributed by atoms with Crippen LogP contribution in [0, 0.1) is 5.92 Å². The van der Waals surface area contributed by atoms with E-state index < -0.39 is 23.8 Å². The lowest BCUT2D eigenvalue weighted by Gasteiger charge is -2.44. The van der Waals surface area contributed by atoms with Gasteiger partial charge in [0.2, 0.25) is 11.8 Å². The van der Waals surface area contributed by atoms with Gasteiger partial charge in [0, 0.05) is 12.6 Å². The number of hydrogen-bond donors (Lipinski definition) is 2. The van der Waals surface area contributed by atoms with Gasteiger partial charge in [-0.2, -0.15) is 0 Å². The van der Waals surface area contributed by atoms with Crippen molar-refractivity contribution in [3.63, 3.8) is 0 Å². The number of rotatable bonds is 12. The van der Waals surface area contributed by atoms with E-state index in [9.17, 15) is 14.4 Å². The molecule has 0 bridgehead atoms. The van der Waals surface area contributed by atoms with E-state index >= 15 is 0 Å². The quantitative estimate of drug-likeness (QED) is 0.366. The number of hydrogen-bond acceptors (Lipinski definition) is 4. The van der Waals surface area contributed by atoms with E-state index in [0.29, 0.717) is 13.0 Å². The van der Waals surface area contributed by atoms with E-state index in [1.54, 1.807) is 31.7 Å². The zero-order valence-corrected chi connectivity index (χ0v) is 22.9. The molecule has 2 rings (SSSR count). The summed E-state index contributed by atoms with van der Waals surface area (Å²) < 4.78 is 5.46. The van der Waals surface area contributed by atoms with Gasteiger partial charge < -0.3 is 20.3 Å². The molecule has 3 amide bonds. The highest BCUT2D eigenvalue weighted by atomic mass is 16.6. The highest BCUT2D eigenvalue weighted by Gasteiger charge is 2.42. The van der Waals surface area contributed by atoms with Gasteiger partial charge in [-0.05, 0) is 76.0 Å². The van der Waals surface area contributed by atoms with Crippen LogP contribution in [0.5, 0.6) is 0 Å². The van der Waals surface area contributed by atoms with Gasteiger partial charge in [0.1, 0.15) is 17.7 Å². The van der Waals surface area contributed by atoms with E-state index in [1.807, 2.05) is 38.1 Å². The average molecular weight is 500 g/mol. The van der Waals surface area contributed by atoms with Gasteiger partial charge in [0.05, 0.1) is 0 Å². The smallest absolute Gasteiger partial charge is 0.408 e. The van der Waals surface area contributed by atoms with Crippen LogP contribution in [0.3, 0.4) is 0 Å². The Morgan fingerprint density at radius 2 is 1.92 bits per heavy atom. The van der Waals surface area contributed by atoms with Crippen LogP contribution in [0.1, 0.15) is 97.2 Å². The lowest BCUT2D eigenvalue weighted by atomic mass is 9.87. The fourth-order valence-corrected chi connectivity index (χ4v) is 4.28. The molecule has 1 saturated carbocycles. The lowest BCUT2D eigenvalue weighted by molar-refractivity contribution is -0.147. The van der Waals surface area contributed by atoms with Crippen molar-refractivity contribution in [1.29, 1.82) is 0 Å². The Morgan fingerprint density at radius 3 is 2.44 bits per heavy atom. The summed E-state index contributed by atoms with van der Waals surface area (Å²) in [7, 11) is 0. The third-order valence-electron chi connectivity index (χ3n) is 6.24. The molecule has 0 heterocycles. The Bertz CT molecular complexity index is 902. The number of benzene rings is 1. The molecule has 0 radical (unpaired) electrons. The number of nitrogens with zero attached hydrogens (tertiary/aromatic N) is 1. The van der Waals surface area contributed by atoms with Crippen molar-refractivity contribution in [3.8, 4) is 0 Å². The Labute approximate surface area is 217 Å². The summed E-state index contributed by atoms with van der Waals surface area (Å²) in [6.07, 6.45) is 6.01. The largest absolute Gasteiger partial charge is 0.444 e. The number of alkyl carbamates (subject to hydrolysis) is 1. The van der Waals surface area contributed by atoms with Crippen molar-refractivity contribution in [2.45, 2.75) is 104 Å². The van der Waals surface area contributed by atoms with Crippen molar-refractivity contribution in [3.05, 3.63) is 42.0 Å². The molecule has 1 aliphatic rings. The summed E-state index contributed by atoms with van der Waals surface area (Å²) >= 11 is 0. The van der Waals surface area contributed by atoms with Gasteiger partial charge in [0.15, 0.2) is 0 Å². The Morgan fingerprint density at radius 1 is 1.22 bits per heavy atom. The zero-order valence-electron chi connectivity index (χ0n) is 22.9. The fourth-order valence-electron chi connectivity index (χ4n) is 4.28. The van der Waals surface area contributed by atoms with Crippen molar-refractivity contribution in [1.82, 2.24) is 15.5 Å². The molecule has 36 heavy (non-hydrogen) atoms. The molecule has 2 unspecified atom stereocenters. The van der Waals surface area contributed by atoms with Crippen LogP contribution in [-0.2, 0) is 14.3 Å². The van der Waals surface area contributed by atoms with Gasteiger partial charge in [-0.3, -0.25) is 9.59 Å². The van der Waals surface area contributed by atoms with Gasteiger partial charge in [-0.1, -0.05) is 58.0 Å². The summed E-state index contributed by atoms with van der Waals surface area (Å²) in [4.78, 5) is 42.2. The van der Waals surface area contributed by atoms with E-state index in [1.165, 1.54) is 0 Å². The number of unbranched alkanes of at least 4 members (excludes halogenated alkanes) is 1. The standard InChI is InChI=1S/C29H45N3O4/c1-8-10-17-30-26(33)25(22-14-11-13-21(9-2)19-22)32(23-15-12-16-23)27(34)24(18-20(3)4)31-28(35)36-29(5,6)7/h9,11,13-14,19-20,23-25H,2,8,10,12,15-18H2,1,3-7H3,(H,30,33)(H,31,35). The summed E-state index contributed by atoms with van der Waals surface area (Å²) in [5, 5.41) is 5.85. The maximum Gasteiger partial charge on any atom is 0.408 e. The number of carbonyl (C=O) groups excluding carboxylic acids is 3. The number of nitrogens with one attached hydrogen (secondary N) is 2. The molecule has 200 valence electrons. The Hall–Kier alpha value is -2.83. The third kappa shape index (κ3) is 8.68. The van der Waals surface area contributed by atoms with E-state index in [2.05, 4.69) is 24.1 Å². The highest BCUT2D eigenvalue weighted by molar-refractivity contribution is 5.92. The van der Waals surface area contributed by atoms with Gasteiger partial charge in [-0.15, -0.1) is 0 Å². The second-order valence-electron chi connectivity index (χ2n) is 11.1. The molecular formula is C29H45N3O4. The normalized spacial score (nSPS) is 15.4. The molecule has 0 saturated heterocycles. The molecule has 0 aliphatic heterocycles. The molecule has 0 spiro atoms.